The third-order valence-electron chi connectivity index (χ3n) is 4.76. The van der Waals surface area contributed by atoms with E-state index in [9.17, 15) is 18.8 Å². The molecular formula is C19H18FN5O3. The smallest absolute Gasteiger partial charge is 0.330 e. The predicted molar refractivity (Wildman–Crippen MR) is 101 cm³/mol. The van der Waals surface area contributed by atoms with Gasteiger partial charge < -0.3 is 10.2 Å². The summed E-state index contributed by atoms with van der Waals surface area (Å²) in [5.41, 5.74) is -0.376. The van der Waals surface area contributed by atoms with Crippen molar-refractivity contribution in [3.8, 4) is 0 Å². The van der Waals surface area contributed by atoms with Crippen molar-refractivity contribution in [3.05, 3.63) is 74.3 Å². The number of carbonyl (C=O) groups is 1. The number of H-pyrrole nitrogens is 1. The van der Waals surface area contributed by atoms with Crippen LogP contribution in [0.5, 0.6) is 0 Å². The second kappa shape index (κ2) is 7.35. The van der Waals surface area contributed by atoms with Crippen molar-refractivity contribution < 1.29 is 9.18 Å². The van der Waals surface area contributed by atoms with E-state index in [-0.39, 0.29) is 29.0 Å². The highest BCUT2D eigenvalue weighted by atomic mass is 19.1. The average Bonchev–Trinajstić information content (AvgIpc) is 2.72. The van der Waals surface area contributed by atoms with Gasteiger partial charge in [0.15, 0.2) is 0 Å². The Balaban J connectivity index is 1.72. The quantitative estimate of drug-likeness (QED) is 0.679. The zero-order chi connectivity index (χ0) is 19.7. The fraction of sp³-hybridized carbons (Fsp3) is 0.263. The molecule has 0 saturated carbocycles. The SMILES string of the molecule is O=C(c1cc(Cn2c(=O)[nH]c(=O)c3cccnc32)ccc1F)N1CCNCC1. The van der Waals surface area contributed by atoms with E-state index in [1.54, 1.807) is 17.0 Å². The lowest BCUT2D eigenvalue weighted by molar-refractivity contribution is 0.0731. The van der Waals surface area contributed by atoms with E-state index in [1.165, 1.54) is 29.0 Å². The van der Waals surface area contributed by atoms with Gasteiger partial charge in [-0.25, -0.2) is 14.2 Å². The van der Waals surface area contributed by atoms with Gasteiger partial charge >= 0.3 is 5.69 Å². The van der Waals surface area contributed by atoms with Gasteiger partial charge in [0.05, 0.1) is 17.5 Å². The topological polar surface area (TPSA) is 100 Å². The Morgan fingerprint density at radius 2 is 1.96 bits per heavy atom. The number of aromatic nitrogens is 3. The molecule has 9 heteroatoms. The maximum atomic E-state index is 14.3. The molecule has 1 amide bonds. The first kappa shape index (κ1) is 18.1. The number of nitrogens with one attached hydrogen (secondary N) is 2. The van der Waals surface area contributed by atoms with Crippen LogP contribution in [0.3, 0.4) is 0 Å². The number of carbonyl (C=O) groups excluding carboxylic acids is 1. The zero-order valence-corrected chi connectivity index (χ0v) is 14.9. The third-order valence-corrected chi connectivity index (χ3v) is 4.76. The van der Waals surface area contributed by atoms with Crippen LogP contribution in [0.15, 0.2) is 46.1 Å². The number of pyridine rings is 1. The molecule has 1 aliphatic heterocycles. The van der Waals surface area contributed by atoms with E-state index in [0.717, 1.165) is 0 Å². The number of aromatic amines is 1. The minimum absolute atomic E-state index is 0.0332. The van der Waals surface area contributed by atoms with E-state index in [4.69, 9.17) is 0 Å². The standard InChI is InChI=1S/C19H18FN5O3/c20-15-4-3-12(10-14(15)18(27)24-8-6-21-7-9-24)11-25-16-13(2-1-5-22-16)17(26)23-19(25)28/h1-5,10,21H,6-9,11H2,(H,23,26,28). The van der Waals surface area contributed by atoms with Crippen LogP contribution in [0.25, 0.3) is 11.0 Å². The lowest BCUT2D eigenvalue weighted by Crippen LogP contribution is -2.46. The van der Waals surface area contributed by atoms with Crippen LogP contribution in [-0.2, 0) is 6.54 Å². The minimum Gasteiger partial charge on any atom is -0.336 e. The summed E-state index contributed by atoms with van der Waals surface area (Å²) in [6, 6.07) is 7.36. The van der Waals surface area contributed by atoms with E-state index >= 15 is 0 Å². The van der Waals surface area contributed by atoms with Gasteiger partial charge in [-0.3, -0.25) is 19.1 Å². The normalized spacial score (nSPS) is 14.4. The molecule has 1 aliphatic rings. The van der Waals surface area contributed by atoms with E-state index < -0.39 is 17.1 Å². The summed E-state index contributed by atoms with van der Waals surface area (Å²) in [5.74, 6) is -0.985. The van der Waals surface area contributed by atoms with Gasteiger partial charge in [-0.1, -0.05) is 6.07 Å². The Morgan fingerprint density at radius 1 is 1.18 bits per heavy atom. The van der Waals surface area contributed by atoms with Crippen molar-refractivity contribution >= 4 is 16.9 Å². The molecule has 1 aromatic carbocycles. The van der Waals surface area contributed by atoms with Crippen LogP contribution in [0.2, 0.25) is 0 Å². The fourth-order valence-corrected chi connectivity index (χ4v) is 3.32. The minimum atomic E-state index is -0.615. The maximum Gasteiger partial charge on any atom is 0.330 e. The van der Waals surface area contributed by atoms with E-state index in [1.807, 2.05) is 0 Å². The molecular weight excluding hydrogens is 365 g/mol. The molecule has 1 fully saturated rings. The second-order valence-electron chi connectivity index (χ2n) is 6.58. The summed E-state index contributed by atoms with van der Waals surface area (Å²) in [6.45, 7) is 2.40. The predicted octanol–water partition coefficient (Wildman–Crippen LogP) is 0.318. The maximum absolute atomic E-state index is 14.3. The molecule has 28 heavy (non-hydrogen) atoms. The van der Waals surface area contributed by atoms with Crippen molar-refractivity contribution in [2.24, 2.45) is 0 Å². The largest absolute Gasteiger partial charge is 0.336 e. The van der Waals surface area contributed by atoms with Gasteiger partial charge in [0.2, 0.25) is 0 Å². The lowest BCUT2D eigenvalue weighted by Gasteiger charge is -2.27. The third kappa shape index (κ3) is 3.31. The van der Waals surface area contributed by atoms with Gasteiger partial charge in [-0.2, -0.15) is 0 Å². The van der Waals surface area contributed by atoms with Crippen LogP contribution < -0.4 is 16.6 Å². The number of nitrogens with zero attached hydrogens (tertiary/aromatic N) is 3. The van der Waals surface area contributed by atoms with Crippen molar-refractivity contribution in [1.82, 2.24) is 24.8 Å². The Kier molecular flexibility index (Phi) is 4.74. The summed E-state index contributed by atoms with van der Waals surface area (Å²) < 4.78 is 15.6. The van der Waals surface area contributed by atoms with Crippen LogP contribution >= 0.6 is 0 Å². The number of piperazine rings is 1. The fourth-order valence-electron chi connectivity index (χ4n) is 3.32. The van der Waals surface area contributed by atoms with Gasteiger partial charge in [-0.05, 0) is 29.8 Å². The molecule has 3 aromatic rings. The molecule has 2 aromatic heterocycles. The number of hydrogen-bond donors (Lipinski definition) is 2. The highest BCUT2D eigenvalue weighted by molar-refractivity contribution is 5.94. The van der Waals surface area contributed by atoms with E-state index in [2.05, 4.69) is 15.3 Å². The summed E-state index contributed by atoms with van der Waals surface area (Å²) in [6.07, 6.45) is 1.49. The number of fused-ring (bicyclic) bond motifs is 1. The summed E-state index contributed by atoms with van der Waals surface area (Å²) >= 11 is 0. The van der Waals surface area contributed by atoms with Gasteiger partial charge in [0.25, 0.3) is 11.5 Å². The molecule has 0 atom stereocenters. The molecule has 0 aliphatic carbocycles. The molecule has 4 rings (SSSR count). The molecule has 0 spiro atoms. The number of amides is 1. The molecule has 8 nitrogen and oxygen atoms in total. The number of benzene rings is 1. The van der Waals surface area contributed by atoms with Gasteiger partial charge in [0.1, 0.15) is 11.5 Å². The van der Waals surface area contributed by atoms with Crippen LogP contribution in [-0.4, -0.2) is 51.5 Å². The van der Waals surface area contributed by atoms with Crippen LogP contribution in [0, 0.1) is 5.82 Å². The summed E-state index contributed by atoms with van der Waals surface area (Å²) in [5, 5.41) is 3.42. The zero-order valence-electron chi connectivity index (χ0n) is 14.9. The Labute approximate surface area is 158 Å². The highest BCUT2D eigenvalue weighted by Crippen LogP contribution is 2.15. The van der Waals surface area contributed by atoms with Gasteiger partial charge in [-0.15, -0.1) is 0 Å². The number of hydrogen-bond acceptors (Lipinski definition) is 5. The molecule has 0 radical (unpaired) electrons. The number of rotatable bonds is 3. The first-order chi connectivity index (χ1) is 13.5. The van der Waals surface area contributed by atoms with Crippen molar-refractivity contribution in [2.75, 3.05) is 26.2 Å². The Morgan fingerprint density at radius 3 is 2.75 bits per heavy atom. The van der Waals surface area contributed by atoms with Crippen molar-refractivity contribution in [1.29, 1.82) is 0 Å². The molecule has 2 N–H and O–H groups in total. The molecule has 0 unspecified atom stereocenters. The highest BCUT2D eigenvalue weighted by Gasteiger charge is 2.21. The number of halogens is 1. The Hall–Kier alpha value is -3.33. The van der Waals surface area contributed by atoms with Crippen LogP contribution in [0.1, 0.15) is 15.9 Å². The molecule has 3 heterocycles. The average molecular weight is 383 g/mol. The second-order valence-corrected chi connectivity index (χ2v) is 6.58. The monoisotopic (exact) mass is 383 g/mol. The molecule has 1 saturated heterocycles. The van der Waals surface area contributed by atoms with Gasteiger partial charge in [0, 0.05) is 32.4 Å². The molecule has 0 bridgehead atoms. The van der Waals surface area contributed by atoms with Crippen molar-refractivity contribution in [3.63, 3.8) is 0 Å². The lowest BCUT2D eigenvalue weighted by atomic mass is 10.1. The first-order valence-corrected chi connectivity index (χ1v) is 8.91. The van der Waals surface area contributed by atoms with E-state index in [0.29, 0.717) is 31.7 Å². The Bertz CT molecular complexity index is 1160. The van der Waals surface area contributed by atoms with Crippen molar-refractivity contribution in [2.45, 2.75) is 6.54 Å². The van der Waals surface area contributed by atoms with Crippen LogP contribution in [0.4, 0.5) is 4.39 Å². The summed E-state index contributed by atoms with van der Waals surface area (Å²) in [7, 11) is 0. The first-order valence-electron chi connectivity index (χ1n) is 8.91. The molecule has 144 valence electrons. The summed E-state index contributed by atoms with van der Waals surface area (Å²) in [4.78, 5) is 44.9.